The Hall–Kier alpha value is -0.970. The van der Waals surface area contributed by atoms with Crippen LogP contribution in [0.2, 0.25) is 0 Å². The molecule has 0 radical (unpaired) electrons. The second-order valence-corrected chi connectivity index (χ2v) is 5.14. The molecule has 2 unspecified atom stereocenters. The Balaban J connectivity index is 1.84. The van der Waals surface area contributed by atoms with Gasteiger partial charge >= 0.3 is 0 Å². The topological polar surface area (TPSA) is 30.5 Å². The van der Waals surface area contributed by atoms with Crippen LogP contribution in [0.25, 0.3) is 0 Å². The van der Waals surface area contributed by atoms with E-state index in [9.17, 15) is 4.39 Å². The lowest BCUT2D eigenvalue weighted by atomic mass is 10.1. The maximum absolute atomic E-state index is 13.1. The zero-order chi connectivity index (χ0) is 13.2. The Labute approximate surface area is 107 Å². The summed E-state index contributed by atoms with van der Waals surface area (Å²) in [6.45, 7) is 7.11. The van der Waals surface area contributed by atoms with Gasteiger partial charge in [-0.2, -0.15) is 0 Å². The van der Waals surface area contributed by atoms with E-state index in [0.29, 0.717) is 13.2 Å². The fourth-order valence-corrected chi connectivity index (χ4v) is 2.07. The molecule has 1 aromatic rings. The summed E-state index contributed by atoms with van der Waals surface area (Å²) in [7, 11) is 0. The van der Waals surface area contributed by atoms with E-state index in [4.69, 9.17) is 9.47 Å². The molecule has 100 valence electrons. The molecule has 1 aromatic carbocycles. The van der Waals surface area contributed by atoms with Crippen LogP contribution in [0.15, 0.2) is 24.3 Å². The summed E-state index contributed by atoms with van der Waals surface area (Å²) in [4.78, 5) is 0. The maximum atomic E-state index is 13.1. The standard InChI is InChI=1S/C14H20FNO2/c1-10(11-5-4-6-12(15)7-11)16-8-13-9-17-14(2,3)18-13/h4-7,10,13,16H,8-9H2,1-3H3. The lowest BCUT2D eigenvalue weighted by molar-refractivity contribution is -0.137. The molecule has 1 N–H and O–H groups in total. The van der Waals surface area contributed by atoms with Crippen molar-refractivity contribution in [1.82, 2.24) is 5.32 Å². The van der Waals surface area contributed by atoms with Gasteiger partial charge in [0.25, 0.3) is 0 Å². The van der Waals surface area contributed by atoms with Crippen molar-refractivity contribution in [2.45, 2.75) is 38.7 Å². The molecule has 1 aliphatic rings. The first-order chi connectivity index (χ1) is 8.46. The van der Waals surface area contributed by atoms with Gasteiger partial charge in [0, 0.05) is 12.6 Å². The van der Waals surface area contributed by atoms with Gasteiger partial charge in [0.15, 0.2) is 5.79 Å². The van der Waals surface area contributed by atoms with Crippen LogP contribution in [0.3, 0.4) is 0 Å². The van der Waals surface area contributed by atoms with Gasteiger partial charge in [0.2, 0.25) is 0 Å². The van der Waals surface area contributed by atoms with Gasteiger partial charge in [-0.1, -0.05) is 12.1 Å². The van der Waals surface area contributed by atoms with E-state index >= 15 is 0 Å². The Bertz CT molecular complexity index is 409. The van der Waals surface area contributed by atoms with E-state index in [1.807, 2.05) is 26.8 Å². The van der Waals surface area contributed by atoms with E-state index < -0.39 is 5.79 Å². The van der Waals surface area contributed by atoms with Crippen LogP contribution < -0.4 is 5.32 Å². The molecular weight excluding hydrogens is 233 g/mol. The summed E-state index contributed by atoms with van der Waals surface area (Å²) in [5.41, 5.74) is 0.938. The largest absolute Gasteiger partial charge is 0.348 e. The molecule has 0 aliphatic carbocycles. The molecule has 1 saturated heterocycles. The smallest absolute Gasteiger partial charge is 0.163 e. The van der Waals surface area contributed by atoms with E-state index in [1.54, 1.807) is 12.1 Å². The van der Waals surface area contributed by atoms with Crippen molar-refractivity contribution in [3.63, 3.8) is 0 Å². The molecule has 0 saturated carbocycles. The van der Waals surface area contributed by atoms with Crippen LogP contribution in [0.4, 0.5) is 4.39 Å². The first kappa shape index (κ1) is 13.5. The third kappa shape index (κ3) is 3.51. The molecule has 2 rings (SSSR count). The van der Waals surface area contributed by atoms with E-state index in [2.05, 4.69) is 5.32 Å². The highest BCUT2D eigenvalue weighted by Gasteiger charge is 2.32. The molecule has 1 fully saturated rings. The van der Waals surface area contributed by atoms with Crippen molar-refractivity contribution in [2.75, 3.05) is 13.2 Å². The minimum atomic E-state index is -0.492. The van der Waals surface area contributed by atoms with E-state index in [0.717, 1.165) is 5.56 Å². The molecule has 0 aromatic heterocycles. The summed E-state index contributed by atoms with van der Waals surface area (Å²) in [6, 6.07) is 6.73. The van der Waals surface area contributed by atoms with Crippen molar-refractivity contribution >= 4 is 0 Å². The highest BCUT2D eigenvalue weighted by molar-refractivity contribution is 5.19. The average Bonchev–Trinajstić information content (AvgIpc) is 2.66. The van der Waals surface area contributed by atoms with Gasteiger partial charge < -0.3 is 14.8 Å². The maximum Gasteiger partial charge on any atom is 0.163 e. The van der Waals surface area contributed by atoms with Crippen LogP contribution in [0, 0.1) is 5.82 Å². The number of rotatable bonds is 4. The van der Waals surface area contributed by atoms with Crippen molar-refractivity contribution < 1.29 is 13.9 Å². The molecule has 18 heavy (non-hydrogen) atoms. The Morgan fingerprint density at radius 1 is 1.50 bits per heavy atom. The van der Waals surface area contributed by atoms with Crippen molar-refractivity contribution in [3.8, 4) is 0 Å². The number of benzene rings is 1. The predicted octanol–water partition coefficient (Wildman–Crippen LogP) is 2.63. The van der Waals surface area contributed by atoms with Gasteiger partial charge in [-0.15, -0.1) is 0 Å². The van der Waals surface area contributed by atoms with Crippen LogP contribution in [0.1, 0.15) is 32.4 Å². The van der Waals surface area contributed by atoms with Gasteiger partial charge in [-0.25, -0.2) is 4.39 Å². The molecule has 3 nitrogen and oxygen atoms in total. The molecule has 0 spiro atoms. The highest BCUT2D eigenvalue weighted by Crippen LogP contribution is 2.22. The molecule has 0 bridgehead atoms. The van der Waals surface area contributed by atoms with Crippen molar-refractivity contribution in [3.05, 3.63) is 35.6 Å². The minimum Gasteiger partial charge on any atom is -0.348 e. The number of hydrogen-bond acceptors (Lipinski definition) is 3. The van der Waals surface area contributed by atoms with E-state index in [1.165, 1.54) is 6.07 Å². The van der Waals surface area contributed by atoms with Crippen LogP contribution in [0.5, 0.6) is 0 Å². The van der Waals surface area contributed by atoms with Gasteiger partial charge in [0.05, 0.1) is 12.7 Å². The second-order valence-electron chi connectivity index (χ2n) is 5.14. The monoisotopic (exact) mass is 253 g/mol. The van der Waals surface area contributed by atoms with Crippen LogP contribution in [-0.2, 0) is 9.47 Å². The molecule has 2 atom stereocenters. The lowest BCUT2D eigenvalue weighted by Crippen LogP contribution is -2.32. The first-order valence-electron chi connectivity index (χ1n) is 6.27. The predicted molar refractivity (Wildman–Crippen MR) is 67.7 cm³/mol. The van der Waals surface area contributed by atoms with Crippen LogP contribution in [-0.4, -0.2) is 25.0 Å². The molecule has 0 amide bonds. The molecule has 4 heteroatoms. The Kier molecular flexibility index (Phi) is 4.00. The lowest BCUT2D eigenvalue weighted by Gasteiger charge is -2.19. The third-order valence-corrected chi connectivity index (χ3v) is 3.07. The molecular formula is C14H20FNO2. The number of ether oxygens (including phenoxy) is 2. The molecule has 1 aliphatic heterocycles. The fourth-order valence-electron chi connectivity index (χ4n) is 2.07. The summed E-state index contributed by atoms with van der Waals surface area (Å²) >= 11 is 0. The first-order valence-corrected chi connectivity index (χ1v) is 6.27. The Morgan fingerprint density at radius 2 is 2.28 bits per heavy atom. The van der Waals surface area contributed by atoms with Crippen LogP contribution >= 0.6 is 0 Å². The van der Waals surface area contributed by atoms with Crippen molar-refractivity contribution in [2.24, 2.45) is 0 Å². The second kappa shape index (κ2) is 5.34. The number of hydrogen-bond donors (Lipinski definition) is 1. The summed E-state index contributed by atoms with van der Waals surface area (Å²) in [5.74, 6) is -0.697. The Morgan fingerprint density at radius 3 is 2.89 bits per heavy atom. The zero-order valence-corrected chi connectivity index (χ0v) is 11.1. The normalized spacial score (nSPS) is 24.1. The zero-order valence-electron chi connectivity index (χ0n) is 11.1. The average molecular weight is 253 g/mol. The summed E-state index contributed by atoms with van der Waals surface area (Å²) in [6.07, 6.45) is 0.0519. The summed E-state index contributed by atoms with van der Waals surface area (Å²) < 4.78 is 24.3. The number of nitrogens with one attached hydrogen (secondary N) is 1. The van der Waals surface area contributed by atoms with Crippen molar-refractivity contribution in [1.29, 1.82) is 0 Å². The van der Waals surface area contributed by atoms with E-state index in [-0.39, 0.29) is 18.0 Å². The third-order valence-electron chi connectivity index (χ3n) is 3.07. The number of halogens is 1. The quantitative estimate of drug-likeness (QED) is 0.894. The molecule has 1 heterocycles. The van der Waals surface area contributed by atoms with Gasteiger partial charge in [-0.05, 0) is 38.5 Å². The van der Waals surface area contributed by atoms with Gasteiger partial charge in [-0.3, -0.25) is 0 Å². The fraction of sp³-hybridized carbons (Fsp3) is 0.571. The van der Waals surface area contributed by atoms with Gasteiger partial charge in [0.1, 0.15) is 5.82 Å². The SMILES string of the molecule is CC(NCC1COC(C)(C)O1)c1cccc(F)c1. The minimum absolute atomic E-state index is 0.0519. The summed E-state index contributed by atoms with van der Waals surface area (Å²) in [5, 5.41) is 3.33. The highest BCUT2D eigenvalue weighted by atomic mass is 19.1.